The van der Waals surface area contributed by atoms with E-state index in [1.165, 1.54) is 24.3 Å². The third-order valence-electron chi connectivity index (χ3n) is 3.32. The van der Waals surface area contributed by atoms with Gasteiger partial charge in [-0.2, -0.15) is 5.10 Å². The van der Waals surface area contributed by atoms with Gasteiger partial charge in [0.1, 0.15) is 5.75 Å². The number of benzene rings is 1. The topological polar surface area (TPSA) is 56.1 Å². The van der Waals surface area contributed by atoms with Crippen LogP contribution in [0.5, 0.6) is 5.75 Å². The van der Waals surface area contributed by atoms with Crippen LogP contribution in [0, 0.1) is 0 Å². The van der Waals surface area contributed by atoms with Crippen molar-refractivity contribution in [2.75, 3.05) is 5.32 Å². The van der Waals surface area contributed by atoms with E-state index in [1.54, 1.807) is 6.07 Å². The fourth-order valence-electron chi connectivity index (χ4n) is 2.13. The molecular formula is C15H14F3N3O2. The fourth-order valence-corrected chi connectivity index (χ4v) is 2.13. The summed E-state index contributed by atoms with van der Waals surface area (Å²) in [5.41, 5.74) is 0.582. The lowest BCUT2D eigenvalue weighted by molar-refractivity contribution is -0.274. The molecule has 1 amide bonds. The van der Waals surface area contributed by atoms with Gasteiger partial charge in [0.2, 0.25) is 5.91 Å². The monoisotopic (exact) mass is 325 g/mol. The highest BCUT2D eigenvalue weighted by molar-refractivity contribution is 5.91. The van der Waals surface area contributed by atoms with Crippen LogP contribution in [0.25, 0.3) is 0 Å². The second-order valence-corrected chi connectivity index (χ2v) is 5.33. The number of rotatable bonds is 5. The number of carbonyl (C=O) groups excluding carboxylic acids is 1. The van der Waals surface area contributed by atoms with Gasteiger partial charge in [0, 0.05) is 12.3 Å². The molecule has 0 unspecified atom stereocenters. The maximum absolute atomic E-state index is 12.1. The van der Waals surface area contributed by atoms with E-state index in [9.17, 15) is 18.0 Å². The molecule has 0 radical (unpaired) electrons. The van der Waals surface area contributed by atoms with Gasteiger partial charge in [-0.25, -0.2) is 0 Å². The molecule has 2 aromatic rings. The van der Waals surface area contributed by atoms with Crippen LogP contribution in [-0.4, -0.2) is 22.1 Å². The second-order valence-electron chi connectivity index (χ2n) is 5.33. The number of anilines is 1. The van der Waals surface area contributed by atoms with Crippen LogP contribution >= 0.6 is 0 Å². The number of alkyl halides is 3. The zero-order chi connectivity index (χ0) is 16.4. The van der Waals surface area contributed by atoms with Crippen LogP contribution in [0.15, 0.2) is 36.5 Å². The zero-order valence-electron chi connectivity index (χ0n) is 12.0. The lowest BCUT2D eigenvalue weighted by Gasteiger charge is -2.09. The van der Waals surface area contributed by atoms with Crippen molar-refractivity contribution in [1.82, 2.24) is 9.78 Å². The van der Waals surface area contributed by atoms with Gasteiger partial charge >= 0.3 is 6.36 Å². The Labute approximate surface area is 130 Å². The van der Waals surface area contributed by atoms with E-state index < -0.39 is 6.36 Å². The number of nitrogens with one attached hydrogen (secondary N) is 1. The SMILES string of the molecule is O=C(Cc1ccc(OC(F)(F)F)cc1)Nc1ccn(C2CC2)n1. The van der Waals surface area contributed by atoms with Crippen LogP contribution in [0.2, 0.25) is 0 Å². The summed E-state index contributed by atoms with van der Waals surface area (Å²) in [5.74, 6) is -0.126. The Kier molecular flexibility index (Phi) is 3.97. The summed E-state index contributed by atoms with van der Waals surface area (Å²) in [5, 5.41) is 6.91. The summed E-state index contributed by atoms with van der Waals surface area (Å²) in [6, 6.07) is 7.35. The minimum atomic E-state index is -4.72. The first-order valence-electron chi connectivity index (χ1n) is 7.09. The van der Waals surface area contributed by atoms with Crippen LogP contribution < -0.4 is 10.1 Å². The van der Waals surface area contributed by atoms with E-state index in [0.717, 1.165) is 12.8 Å². The number of hydrogen-bond acceptors (Lipinski definition) is 3. The van der Waals surface area contributed by atoms with E-state index in [0.29, 0.717) is 17.4 Å². The van der Waals surface area contributed by atoms with E-state index >= 15 is 0 Å². The Bertz CT molecular complexity index is 691. The number of nitrogens with zero attached hydrogens (tertiary/aromatic N) is 2. The second kappa shape index (κ2) is 5.94. The summed E-state index contributed by atoms with van der Waals surface area (Å²) in [6.45, 7) is 0. The molecule has 1 N–H and O–H groups in total. The first-order chi connectivity index (χ1) is 10.9. The van der Waals surface area contributed by atoms with Gasteiger partial charge in [0.05, 0.1) is 12.5 Å². The molecule has 0 aliphatic heterocycles. The van der Waals surface area contributed by atoms with Crippen LogP contribution in [0.4, 0.5) is 19.0 Å². The Morgan fingerprint density at radius 3 is 2.57 bits per heavy atom. The maximum Gasteiger partial charge on any atom is 0.573 e. The predicted octanol–water partition coefficient (Wildman–Crippen LogP) is 3.30. The molecule has 8 heteroatoms. The van der Waals surface area contributed by atoms with Crippen LogP contribution in [0.1, 0.15) is 24.4 Å². The molecule has 1 aromatic heterocycles. The van der Waals surface area contributed by atoms with Gasteiger partial charge in [-0.15, -0.1) is 13.2 Å². The number of ether oxygens (including phenoxy) is 1. The average molecular weight is 325 g/mol. The highest BCUT2D eigenvalue weighted by Crippen LogP contribution is 2.34. The molecule has 0 atom stereocenters. The van der Waals surface area contributed by atoms with Gasteiger partial charge in [-0.3, -0.25) is 9.48 Å². The maximum atomic E-state index is 12.1. The number of hydrogen-bond donors (Lipinski definition) is 1. The fraction of sp³-hybridized carbons (Fsp3) is 0.333. The molecule has 1 heterocycles. The molecule has 23 heavy (non-hydrogen) atoms. The zero-order valence-corrected chi connectivity index (χ0v) is 12.0. The Morgan fingerprint density at radius 1 is 1.26 bits per heavy atom. The quantitative estimate of drug-likeness (QED) is 0.918. The number of amides is 1. The van der Waals surface area contributed by atoms with Crippen molar-refractivity contribution in [3.63, 3.8) is 0 Å². The standard InChI is InChI=1S/C15H14F3N3O2/c16-15(17,18)23-12-5-1-10(2-6-12)9-14(22)19-13-7-8-21(20-13)11-3-4-11/h1-2,5-8,11H,3-4,9H2,(H,19,20,22). The predicted molar refractivity (Wildman–Crippen MR) is 76.0 cm³/mol. The first kappa shape index (κ1) is 15.4. The van der Waals surface area contributed by atoms with E-state index in [-0.39, 0.29) is 18.1 Å². The molecule has 3 rings (SSSR count). The molecule has 1 aromatic carbocycles. The third-order valence-corrected chi connectivity index (χ3v) is 3.32. The van der Waals surface area contributed by atoms with Gasteiger partial charge in [0.15, 0.2) is 5.82 Å². The Hall–Kier alpha value is -2.51. The van der Waals surface area contributed by atoms with Crippen molar-refractivity contribution >= 4 is 11.7 Å². The van der Waals surface area contributed by atoms with E-state index in [1.807, 2.05) is 10.9 Å². The lowest BCUT2D eigenvalue weighted by Crippen LogP contribution is -2.17. The van der Waals surface area contributed by atoms with Crippen molar-refractivity contribution in [3.8, 4) is 5.75 Å². The van der Waals surface area contributed by atoms with Gasteiger partial charge < -0.3 is 10.1 Å². The molecule has 0 spiro atoms. The van der Waals surface area contributed by atoms with Gasteiger partial charge in [0.25, 0.3) is 0 Å². The molecule has 1 saturated carbocycles. The third kappa shape index (κ3) is 4.48. The molecule has 0 bridgehead atoms. The summed E-state index contributed by atoms with van der Waals surface area (Å²) in [4.78, 5) is 11.9. The molecule has 0 saturated heterocycles. The van der Waals surface area contributed by atoms with Crippen molar-refractivity contribution in [1.29, 1.82) is 0 Å². The van der Waals surface area contributed by atoms with E-state index in [4.69, 9.17) is 0 Å². The van der Waals surface area contributed by atoms with Crippen molar-refractivity contribution < 1.29 is 22.7 Å². The molecule has 5 nitrogen and oxygen atoms in total. The minimum Gasteiger partial charge on any atom is -0.406 e. The summed E-state index contributed by atoms with van der Waals surface area (Å²) >= 11 is 0. The van der Waals surface area contributed by atoms with Gasteiger partial charge in [-0.1, -0.05) is 12.1 Å². The molecule has 1 aliphatic carbocycles. The lowest BCUT2D eigenvalue weighted by atomic mass is 10.1. The summed E-state index contributed by atoms with van der Waals surface area (Å²) in [6.07, 6.45) is -0.665. The van der Waals surface area contributed by atoms with E-state index in [2.05, 4.69) is 15.2 Å². The van der Waals surface area contributed by atoms with Crippen LogP contribution in [-0.2, 0) is 11.2 Å². The molecular weight excluding hydrogens is 311 g/mol. The number of aromatic nitrogens is 2. The van der Waals surface area contributed by atoms with Crippen molar-refractivity contribution in [2.45, 2.75) is 31.7 Å². The van der Waals surface area contributed by atoms with Crippen molar-refractivity contribution in [3.05, 3.63) is 42.1 Å². The highest BCUT2D eigenvalue weighted by Gasteiger charge is 2.31. The first-order valence-corrected chi connectivity index (χ1v) is 7.09. The molecule has 1 aliphatic rings. The summed E-state index contributed by atoms with van der Waals surface area (Å²) in [7, 11) is 0. The molecule has 122 valence electrons. The Balaban J connectivity index is 1.54. The normalized spacial score (nSPS) is 14.6. The average Bonchev–Trinajstić information content (AvgIpc) is 3.20. The Morgan fingerprint density at radius 2 is 1.96 bits per heavy atom. The highest BCUT2D eigenvalue weighted by atomic mass is 19.4. The largest absolute Gasteiger partial charge is 0.573 e. The minimum absolute atomic E-state index is 0.0442. The number of carbonyl (C=O) groups is 1. The smallest absolute Gasteiger partial charge is 0.406 e. The van der Waals surface area contributed by atoms with Crippen molar-refractivity contribution in [2.24, 2.45) is 0 Å². The number of halogens is 3. The van der Waals surface area contributed by atoms with Crippen LogP contribution in [0.3, 0.4) is 0 Å². The molecule has 1 fully saturated rings. The van der Waals surface area contributed by atoms with Gasteiger partial charge in [-0.05, 0) is 30.5 Å². The summed E-state index contributed by atoms with van der Waals surface area (Å²) < 4.78 is 41.8.